The van der Waals surface area contributed by atoms with Crippen molar-refractivity contribution in [2.24, 2.45) is 5.16 Å². The second-order valence-electron chi connectivity index (χ2n) is 1.85. The van der Waals surface area contributed by atoms with Gasteiger partial charge in [0.05, 0.1) is 5.96 Å². The SMILES string of the molecule is CP(C)/C=N\OCC(=O)O. The molecular weight excluding hydrogens is 153 g/mol. The molecule has 0 bridgehead atoms. The van der Waals surface area contributed by atoms with Crippen LogP contribution >= 0.6 is 7.92 Å². The Morgan fingerprint density at radius 2 is 2.40 bits per heavy atom. The first-order valence-electron chi connectivity index (χ1n) is 2.66. The fourth-order valence-corrected chi connectivity index (χ4v) is 0.475. The Hall–Kier alpha value is -0.630. The Morgan fingerprint density at radius 1 is 1.80 bits per heavy atom. The van der Waals surface area contributed by atoms with Crippen LogP contribution in [-0.4, -0.2) is 37.0 Å². The highest BCUT2D eigenvalue weighted by Gasteiger charge is 1.92. The zero-order valence-electron chi connectivity index (χ0n) is 5.94. The van der Waals surface area contributed by atoms with E-state index in [1.807, 2.05) is 13.3 Å². The molecule has 0 aliphatic heterocycles. The zero-order valence-corrected chi connectivity index (χ0v) is 6.84. The third-order valence-corrected chi connectivity index (χ3v) is 1.10. The molecule has 1 N–H and O–H groups in total. The number of hydrogen-bond donors (Lipinski definition) is 1. The smallest absolute Gasteiger partial charge is 0.344 e. The molecule has 0 aliphatic carbocycles. The summed E-state index contributed by atoms with van der Waals surface area (Å²) in [6.07, 6.45) is 0. The summed E-state index contributed by atoms with van der Waals surface area (Å²) in [5, 5.41) is 11.5. The molecule has 0 spiro atoms. The van der Waals surface area contributed by atoms with Gasteiger partial charge in [-0.2, -0.15) is 0 Å². The first-order chi connectivity index (χ1) is 4.63. The van der Waals surface area contributed by atoms with Crippen molar-refractivity contribution in [3.63, 3.8) is 0 Å². The van der Waals surface area contributed by atoms with Crippen LogP contribution in [0.4, 0.5) is 0 Å². The standard InChI is InChI=1S/C5H10NO3P/c1-10(2)4-6-9-3-5(7)8/h4H,3H2,1-2H3,(H,7,8)/b6-4-. The lowest BCUT2D eigenvalue weighted by Crippen LogP contribution is -2.02. The van der Waals surface area contributed by atoms with E-state index in [-0.39, 0.29) is 14.5 Å². The quantitative estimate of drug-likeness (QED) is 0.378. The van der Waals surface area contributed by atoms with E-state index in [4.69, 9.17) is 5.11 Å². The Morgan fingerprint density at radius 3 is 2.80 bits per heavy atom. The van der Waals surface area contributed by atoms with Gasteiger partial charge in [0.1, 0.15) is 0 Å². The maximum atomic E-state index is 9.85. The summed E-state index contributed by atoms with van der Waals surface area (Å²) in [5.41, 5.74) is 0. The maximum absolute atomic E-state index is 9.85. The highest BCUT2D eigenvalue weighted by atomic mass is 31.1. The van der Waals surface area contributed by atoms with Gasteiger partial charge < -0.3 is 9.94 Å². The average Bonchev–Trinajstić information content (AvgIpc) is 1.79. The van der Waals surface area contributed by atoms with E-state index in [9.17, 15) is 4.79 Å². The van der Waals surface area contributed by atoms with Gasteiger partial charge in [0.2, 0.25) is 6.61 Å². The number of hydrogen-bond acceptors (Lipinski definition) is 3. The minimum absolute atomic E-state index is 0.241. The van der Waals surface area contributed by atoms with Crippen LogP contribution in [0.25, 0.3) is 0 Å². The molecule has 0 saturated heterocycles. The third-order valence-electron chi connectivity index (χ3n) is 0.541. The van der Waals surface area contributed by atoms with Crippen LogP contribution in [0.2, 0.25) is 0 Å². The van der Waals surface area contributed by atoms with Crippen LogP contribution in [0.15, 0.2) is 5.16 Å². The second-order valence-corrected chi connectivity index (χ2v) is 4.01. The van der Waals surface area contributed by atoms with Gasteiger partial charge in [-0.25, -0.2) is 4.79 Å². The number of carboxylic acid groups (broad SMARTS) is 1. The molecule has 0 unspecified atom stereocenters. The van der Waals surface area contributed by atoms with E-state index in [0.29, 0.717) is 0 Å². The molecule has 4 nitrogen and oxygen atoms in total. The molecule has 0 aliphatic rings. The first kappa shape index (κ1) is 9.37. The van der Waals surface area contributed by atoms with Crippen LogP contribution in [-0.2, 0) is 9.63 Å². The molecule has 10 heavy (non-hydrogen) atoms. The normalized spacial score (nSPS) is 10.7. The molecule has 0 heterocycles. The maximum Gasteiger partial charge on any atom is 0.344 e. The third kappa shape index (κ3) is 7.37. The lowest BCUT2D eigenvalue weighted by molar-refractivity contribution is -0.142. The Labute approximate surface area is 60.6 Å². The van der Waals surface area contributed by atoms with Crippen LogP contribution in [0.3, 0.4) is 0 Å². The highest BCUT2D eigenvalue weighted by molar-refractivity contribution is 7.71. The molecule has 0 atom stereocenters. The van der Waals surface area contributed by atoms with Crippen molar-refractivity contribution in [3.05, 3.63) is 0 Å². The van der Waals surface area contributed by atoms with Gasteiger partial charge in [-0.3, -0.25) is 0 Å². The number of carboxylic acids is 1. The minimum atomic E-state index is -1.01. The molecule has 0 fully saturated rings. The van der Waals surface area contributed by atoms with Crippen LogP contribution < -0.4 is 0 Å². The fourth-order valence-electron chi connectivity index (χ4n) is 0.220. The van der Waals surface area contributed by atoms with Crippen LogP contribution in [0, 0.1) is 0 Å². The van der Waals surface area contributed by atoms with Gasteiger partial charge in [0, 0.05) is 0 Å². The van der Waals surface area contributed by atoms with Gasteiger partial charge in [0.25, 0.3) is 0 Å². The van der Waals surface area contributed by atoms with Gasteiger partial charge in [-0.15, -0.1) is 0 Å². The van der Waals surface area contributed by atoms with E-state index < -0.39 is 5.97 Å². The first-order valence-corrected chi connectivity index (χ1v) is 4.97. The molecule has 5 heteroatoms. The molecular formula is C5H10NO3P. The molecule has 0 amide bonds. The summed E-state index contributed by atoms with van der Waals surface area (Å²) in [4.78, 5) is 14.2. The topological polar surface area (TPSA) is 58.9 Å². The van der Waals surface area contributed by atoms with Gasteiger partial charge in [-0.05, 0) is 13.3 Å². The predicted octanol–water partition coefficient (Wildman–Crippen LogP) is 0.772. The van der Waals surface area contributed by atoms with Crippen molar-refractivity contribution < 1.29 is 14.7 Å². The highest BCUT2D eigenvalue weighted by Crippen LogP contribution is 2.18. The molecule has 0 aromatic carbocycles. The number of rotatable bonds is 4. The van der Waals surface area contributed by atoms with Crippen LogP contribution in [0.5, 0.6) is 0 Å². The summed E-state index contributed by atoms with van der Waals surface area (Å²) in [6, 6.07) is 0. The molecule has 0 rings (SSSR count). The van der Waals surface area contributed by atoms with Gasteiger partial charge >= 0.3 is 5.97 Å². The number of nitrogens with zero attached hydrogens (tertiary/aromatic N) is 1. The lowest BCUT2D eigenvalue weighted by Gasteiger charge is -1.94. The zero-order chi connectivity index (χ0) is 7.98. The number of aliphatic carboxylic acids is 1. The summed E-state index contributed by atoms with van der Waals surface area (Å²) in [5.74, 6) is 0.604. The van der Waals surface area contributed by atoms with E-state index >= 15 is 0 Å². The Balaban J connectivity index is 3.27. The second kappa shape index (κ2) is 5.18. The van der Waals surface area contributed by atoms with E-state index in [1.54, 1.807) is 5.96 Å². The summed E-state index contributed by atoms with van der Waals surface area (Å²) >= 11 is 0. The number of carbonyl (C=O) groups is 1. The predicted molar refractivity (Wildman–Crippen MR) is 40.8 cm³/mol. The monoisotopic (exact) mass is 163 g/mol. The van der Waals surface area contributed by atoms with E-state index in [0.717, 1.165) is 0 Å². The fraction of sp³-hybridized carbons (Fsp3) is 0.600. The van der Waals surface area contributed by atoms with Crippen molar-refractivity contribution in [2.45, 2.75) is 0 Å². The minimum Gasteiger partial charge on any atom is -0.479 e. The number of oxime groups is 1. The average molecular weight is 163 g/mol. The summed E-state index contributed by atoms with van der Waals surface area (Å²) in [6.45, 7) is 3.62. The van der Waals surface area contributed by atoms with E-state index in [1.165, 1.54) is 0 Å². The van der Waals surface area contributed by atoms with Crippen molar-refractivity contribution in [1.29, 1.82) is 0 Å². The van der Waals surface area contributed by atoms with Crippen molar-refractivity contribution in [3.8, 4) is 0 Å². The molecule has 0 aromatic rings. The summed E-state index contributed by atoms with van der Waals surface area (Å²) < 4.78 is 0. The Kier molecular flexibility index (Phi) is 4.85. The van der Waals surface area contributed by atoms with Gasteiger partial charge in [-0.1, -0.05) is 13.1 Å². The van der Waals surface area contributed by atoms with Crippen LogP contribution in [0.1, 0.15) is 0 Å². The van der Waals surface area contributed by atoms with Crippen molar-refractivity contribution in [2.75, 3.05) is 19.9 Å². The van der Waals surface area contributed by atoms with Gasteiger partial charge in [0.15, 0.2) is 0 Å². The molecule has 0 saturated carbocycles. The Bertz CT molecular complexity index is 135. The lowest BCUT2D eigenvalue weighted by atomic mass is 10.8. The van der Waals surface area contributed by atoms with Crippen molar-refractivity contribution >= 4 is 19.8 Å². The molecule has 58 valence electrons. The van der Waals surface area contributed by atoms with E-state index in [2.05, 4.69) is 9.99 Å². The molecule has 0 aromatic heterocycles. The largest absolute Gasteiger partial charge is 0.479 e. The summed E-state index contributed by atoms with van der Waals surface area (Å²) in [7, 11) is -0.241. The van der Waals surface area contributed by atoms with Crippen molar-refractivity contribution in [1.82, 2.24) is 0 Å². The molecule has 0 radical (unpaired) electrons.